The van der Waals surface area contributed by atoms with E-state index >= 15 is 0 Å². The molecule has 1 aliphatic rings. The van der Waals surface area contributed by atoms with Crippen molar-refractivity contribution >= 4 is 57.6 Å². The average Bonchev–Trinajstić information content (AvgIpc) is 3.19. The van der Waals surface area contributed by atoms with E-state index in [1.54, 1.807) is 12.1 Å². The number of ether oxygens (including phenoxy) is 3. The van der Waals surface area contributed by atoms with E-state index in [1.165, 1.54) is 44.4 Å². The van der Waals surface area contributed by atoms with Crippen LogP contribution in [-0.4, -0.2) is 36.5 Å². The van der Waals surface area contributed by atoms with Gasteiger partial charge in [-0.25, -0.2) is 9.79 Å². The summed E-state index contributed by atoms with van der Waals surface area (Å²) >= 11 is 8.87. The number of rotatable bonds is 7. The number of allylic oxidation sites excluding steroid dienone is 1. The van der Waals surface area contributed by atoms with E-state index in [0.717, 1.165) is 15.9 Å². The lowest BCUT2D eigenvalue weighted by Gasteiger charge is -2.26. The fourth-order valence-corrected chi connectivity index (χ4v) is 6.00. The molecule has 1 aromatic heterocycles. The Hall–Kier alpha value is -2.84. The summed E-state index contributed by atoms with van der Waals surface area (Å²) in [6.07, 6.45) is -3.56. The highest BCUT2D eigenvalue weighted by Crippen LogP contribution is 2.39. The Morgan fingerprint density at radius 3 is 2.50 bits per heavy atom. The summed E-state index contributed by atoms with van der Waals surface area (Å²) in [5, 5.41) is 0.335. The van der Waals surface area contributed by atoms with E-state index in [1.807, 2.05) is 13.8 Å². The fourth-order valence-electron chi connectivity index (χ4n) is 4.13. The minimum atomic E-state index is -4.99. The highest BCUT2D eigenvalue weighted by molar-refractivity contribution is 14.1. The highest BCUT2D eigenvalue weighted by Gasteiger charge is 2.45. The van der Waals surface area contributed by atoms with Gasteiger partial charge in [0.2, 0.25) is 0 Å². The van der Waals surface area contributed by atoms with Crippen molar-refractivity contribution < 1.29 is 32.2 Å². The molecule has 2 aromatic carbocycles. The highest BCUT2D eigenvalue weighted by atomic mass is 127. The molecular weight excluding hydrogens is 684 g/mol. The number of methoxy groups -OCH3 is 1. The first-order valence-electron chi connectivity index (χ1n) is 12.0. The van der Waals surface area contributed by atoms with Crippen molar-refractivity contribution in [1.82, 2.24) is 4.57 Å². The van der Waals surface area contributed by atoms with Gasteiger partial charge in [-0.15, -0.1) is 0 Å². The molecule has 3 aromatic rings. The van der Waals surface area contributed by atoms with Crippen LogP contribution in [-0.2, 0) is 9.53 Å². The fraction of sp³-hybridized carbons (Fsp3) is 0.296. The van der Waals surface area contributed by atoms with Crippen LogP contribution in [0, 0.1) is 3.57 Å². The van der Waals surface area contributed by atoms with Crippen molar-refractivity contribution in [3.8, 4) is 11.5 Å². The first kappa shape index (κ1) is 30.1. The van der Waals surface area contributed by atoms with Gasteiger partial charge in [0.25, 0.3) is 5.56 Å². The quantitative estimate of drug-likeness (QED) is 0.243. The maximum Gasteiger partial charge on any atom is 0.434 e. The van der Waals surface area contributed by atoms with Gasteiger partial charge in [0.1, 0.15) is 0 Å². The van der Waals surface area contributed by atoms with Crippen LogP contribution in [0.15, 0.2) is 57.5 Å². The normalized spacial score (nSPS) is 15.7. The average molecular weight is 707 g/mol. The molecule has 0 spiro atoms. The van der Waals surface area contributed by atoms with Gasteiger partial charge in [-0.05, 0) is 84.8 Å². The number of hydrogen-bond donors (Lipinski definition) is 0. The molecule has 13 heteroatoms. The maximum absolute atomic E-state index is 14.3. The van der Waals surface area contributed by atoms with Crippen molar-refractivity contribution in [2.45, 2.75) is 39.1 Å². The van der Waals surface area contributed by atoms with Crippen LogP contribution in [0.2, 0.25) is 5.02 Å². The molecule has 0 saturated heterocycles. The first-order valence-corrected chi connectivity index (χ1v) is 14.2. The van der Waals surface area contributed by atoms with Crippen LogP contribution in [0.25, 0.3) is 6.08 Å². The minimum absolute atomic E-state index is 0.110. The first-order chi connectivity index (χ1) is 18.8. The van der Waals surface area contributed by atoms with Crippen LogP contribution in [0.3, 0.4) is 0 Å². The number of benzene rings is 2. The lowest BCUT2D eigenvalue weighted by Crippen LogP contribution is -2.41. The molecular formula is C27H23ClF3IN2O5S. The lowest BCUT2D eigenvalue weighted by atomic mass is 9.95. The second-order valence-corrected chi connectivity index (χ2v) is 11.4. The summed E-state index contributed by atoms with van der Waals surface area (Å²) in [4.78, 5) is 30.2. The van der Waals surface area contributed by atoms with Gasteiger partial charge < -0.3 is 14.2 Å². The third-order valence-electron chi connectivity index (χ3n) is 5.68. The summed E-state index contributed by atoms with van der Waals surface area (Å²) in [5.74, 6) is -0.246. The molecule has 212 valence electrons. The van der Waals surface area contributed by atoms with E-state index in [4.69, 9.17) is 25.8 Å². The summed E-state index contributed by atoms with van der Waals surface area (Å²) in [6.45, 7) is 5.07. The van der Waals surface area contributed by atoms with E-state index < -0.39 is 35.0 Å². The number of fused-ring (bicyclic) bond motifs is 1. The molecule has 40 heavy (non-hydrogen) atoms. The number of hydrogen-bond acceptors (Lipinski definition) is 7. The number of carbonyl (C=O) groups is 1. The molecule has 0 saturated carbocycles. The molecule has 0 radical (unpaired) electrons. The molecule has 1 aliphatic heterocycles. The Morgan fingerprint density at radius 2 is 1.93 bits per heavy atom. The van der Waals surface area contributed by atoms with Gasteiger partial charge in [0, 0.05) is 5.02 Å². The van der Waals surface area contributed by atoms with Crippen LogP contribution >= 0.6 is 45.5 Å². The smallest absolute Gasteiger partial charge is 0.434 e. The predicted molar refractivity (Wildman–Crippen MR) is 154 cm³/mol. The lowest BCUT2D eigenvalue weighted by molar-refractivity contribution is -0.140. The van der Waals surface area contributed by atoms with E-state index in [9.17, 15) is 22.8 Å². The van der Waals surface area contributed by atoms with Crippen molar-refractivity contribution in [3.05, 3.63) is 87.1 Å². The van der Waals surface area contributed by atoms with E-state index in [2.05, 4.69) is 27.6 Å². The molecule has 0 unspecified atom stereocenters. The third-order valence-corrected chi connectivity index (χ3v) is 7.72. The second kappa shape index (κ2) is 12.0. The Morgan fingerprint density at radius 1 is 1.25 bits per heavy atom. The van der Waals surface area contributed by atoms with Gasteiger partial charge in [-0.1, -0.05) is 35.1 Å². The molecule has 2 heterocycles. The number of esters is 1. The van der Waals surface area contributed by atoms with Crippen LogP contribution in [0.1, 0.15) is 37.9 Å². The van der Waals surface area contributed by atoms with E-state index in [-0.39, 0.29) is 27.6 Å². The van der Waals surface area contributed by atoms with Gasteiger partial charge in [-0.2, -0.15) is 13.2 Å². The van der Waals surface area contributed by atoms with Gasteiger partial charge in [-0.3, -0.25) is 9.36 Å². The zero-order valence-electron chi connectivity index (χ0n) is 21.6. The molecule has 0 aliphatic carbocycles. The monoisotopic (exact) mass is 706 g/mol. The SMILES string of the molecule is CCOC(=O)C1=C(C(F)(F)F)N=c2s/c(=C\c3cc(I)c(OC(C)C)c(OC)c3)c(=O)n2[C@@H]1c1ccc(Cl)cc1. The summed E-state index contributed by atoms with van der Waals surface area (Å²) in [7, 11) is 1.48. The van der Waals surface area contributed by atoms with Gasteiger partial charge in [0.15, 0.2) is 22.0 Å². The third kappa shape index (κ3) is 6.08. The Bertz CT molecular complexity index is 1660. The van der Waals surface area contributed by atoms with Crippen molar-refractivity contribution in [1.29, 1.82) is 0 Å². The zero-order chi connectivity index (χ0) is 29.4. The van der Waals surface area contributed by atoms with Crippen molar-refractivity contribution in [2.75, 3.05) is 13.7 Å². The van der Waals surface area contributed by atoms with Crippen molar-refractivity contribution in [2.24, 2.45) is 4.99 Å². The summed E-state index contributed by atoms with van der Waals surface area (Å²) in [6, 6.07) is 7.85. The molecule has 0 bridgehead atoms. The van der Waals surface area contributed by atoms with Crippen LogP contribution in [0.5, 0.6) is 11.5 Å². The number of nitrogens with zero attached hydrogens (tertiary/aromatic N) is 2. The van der Waals surface area contributed by atoms with Gasteiger partial charge in [0.05, 0.1) is 39.5 Å². The van der Waals surface area contributed by atoms with Gasteiger partial charge >= 0.3 is 12.1 Å². The maximum atomic E-state index is 14.3. The largest absolute Gasteiger partial charge is 0.493 e. The Labute approximate surface area is 249 Å². The predicted octanol–water partition coefficient (Wildman–Crippen LogP) is 5.39. The molecule has 7 nitrogen and oxygen atoms in total. The molecule has 1 atom stereocenters. The molecule has 0 amide bonds. The van der Waals surface area contributed by atoms with Crippen molar-refractivity contribution in [3.63, 3.8) is 0 Å². The molecule has 0 fully saturated rings. The van der Waals surface area contributed by atoms with Crippen LogP contribution in [0.4, 0.5) is 13.2 Å². The number of thiazole rings is 1. The second-order valence-electron chi connectivity index (χ2n) is 8.82. The number of alkyl halides is 3. The number of carbonyl (C=O) groups excluding carboxylic acids is 1. The number of halogens is 5. The molecule has 4 rings (SSSR count). The topological polar surface area (TPSA) is 79.1 Å². The standard InChI is InChI=1S/C27H23ClF3IN2O5S/c1-5-38-25(36)20-21(15-6-8-16(28)9-7-15)34-24(35)19(40-26(34)33-23(20)27(29,30)31)12-14-10-17(32)22(39-13(2)3)18(11-14)37-4/h6-13,21H,5H2,1-4H3/b19-12-/t21-/m1/s1. The molecule has 0 N–H and O–H groups in total. The zero-order valence-corrected chi connectivity index (χ0v) is 25.4. The minimum Gasteiger partial charge on any atom is -0.493 e. The van der Waals surface area contributed by atoms with Crippen LogP contribution < -0.4 is 24.4 Å². The van der Waals surface area contributed by atoms with E-state index in [0.29, 0.717) is 25.7 Å². The summed E-state index contributed by atoms with van der Waals surface area (Å²) < 4.78 is 61.0. The summed E-state index contributed by atoms with van der Waals surface area (Å²) in [5.41, 5.74) is -2.01. The Kier molecular flexibility index (Phi) is 9.00. The Balaban J connectivity index is 2.00. The number of aromatic nitrogens is 1.